The van der Waals surface area contributed by atoms with Crippen LogP contribution in [0.1, 0.15) is 20.3 Å². The predicted octanol–water partition coefficient (Wildman–Crippen LogP) is 0.933. The molecule has 0 bridgehead atoms. The van der Waals surface area contributed by atoms with Crippen molar-refractivity contribution >= 4 is 12.9 Å². The summed E-state index contributed by atoms with van der Waals surface area (Å²) in [5, 5.41) is 0. The van der Waals surface area contributed by atoms with Crippen molar-refractivity contribution in [2.45, 2.75) is 26.0 Å². The number of nitrogens with two attached hydrogens (primary N) is 1. The Bertz CT molecular complexity index is 49.7. The van der Waals surface area contributed by atoms with E-state index in [2.05, 4.69) is 17.1 Å². The van der Waals surface area contributed by atoms with E-state index in [1.807, 2.05) is 6.92 Å². The fourth-order valence-corrected chi connectivity index (χ4v) is 0.194. The van der Waals surface area contributed by atoms with Gasteiger partial charge in [0, 0.05) is 0 Å². The third-order valence-corrected chi connectivity index (χ3v) is 1.33. The summed E-state index contributed by atoms with van der Waals surface area (Å²) in [6.45, 7) is 3.72. The first-order chi connectivity index (χ1) is 3.12. The lowest BCUT2D eigenvalue weighted by Gasteiger charge is -2.17. The standard InChI is InChI=1S/C4H11NOS/c1-3-4(2,5)6-7/h7H,3,5H2,1-2H3. The van der Waals surface area contributed by atoms with Gasteiger partial charge in [-0.25, -0.2) is 0 Å². The van der Waals surface area contributed by atoms with Crippen molar-refractivity contribution in [3.05, 3.63) is 0 Å². The molecule has 0 aromatic rings. The molecule has 44 valence electrons. The van der Waals surface area contributed by atoms with Crippen molar-refractivity contribution in [2.24, 2.45) is 5.73 Å². The monoisotopic (exact) mass is 121 g/mol. The summed E-state index contributed by atoms with van der Waals surface area (Å²) in [4.78, 5) is 0. The summed E-state index contributed by atoms with van der Waals surface area (Å²) in [6, 6.07) is 0. The third-order valence-electron chi connectivity index (χ3n) is 0.911. The Morgan fingerprint density at radius 1 is 1.86 bits per heavy atom. The number of hydrogen-bond donors (Lipinski definition) is 2. The molecule has 0 heterocycles. The first-order valence-electron chi connectivity index (χ1n) is 2.24. The molecule has 0 amide bonds. The van der Waals surface area contributed by atoms with Gasteiger partial charge >= 0.3 is 0 Å². The lowest BCUT2D eigenvalue weighted by atomic mass is 10.2. The van der Waals surface area contributed by atoms with Crippen molar-refractivity contribution in [1.29, 1.82) is 0 Å². The molecule has 0 aliphatic carbocycles. The van der Waals surface area contributed by atoms with Gasteiger partial charge in [0.1, 0.15) is 5.72 Å². The van der Waals surface area contributed by atoms with E-state index in [0.717, 1.165) is 6.42 Å². The fourth-order valence-electron chi connectivity index (χ4n) is 0.0645. The van der Waals surface area contributed by atoms with Crippen LogP contribution in [0.5, 0.6) is 0 Å². The molecule has 0 aromatic heterocycles. The van der Waals surface area contributed by atoms with E-state index in [1.54, 1.807) is 6.92 Å². The van der Waals surface area contributed by atoms with E-state index < -0.39 is 5.72 Å². The van der Waals surface area contributed by atoms with Gasteiger partial charge in [-0.3, -0.25) is 4.18 Å². The molecule has 0 aliphatic rings. The molecule has 1 atom stereocenters. The molecule has 3 heteroatoms. The van der Waals surface area contributed by atoms with Crippen molar-refractivity contribution < 1.29 is 4.18 Å². The van der Waals surface area contributed by atoms with Crippen LogP contribution in [0.2, 0.25) is 0 Å². The zero-order valence-corrected chi connectivity index (χ0v) is 5.53. The van der Waals surface area contributed by atoms with Crippen LogP contribution in [0.3, 0.4) is 0 Å². The maximum absolute atomic E-state index is 5.42. The largest absolute Gasteiger partial charge is 0.303 e. The van der Waals surface area contributed by atoms with E-state index in [0.29, 0.717) is 0 Å². The van der Waals surface area contributed by atoms with Crippen molar-refractivity contribution in [3.8, 4) is 0 Å². The fraction of sp³-hybridized carbons (Fsp3) is 1.00. The minimum atomic E-state index is -0.552. The average Bonchev–Trinajstić information content (AvgIpc) is 1.68. The highest BCUT2D eigenvalue weighted by Gasteiger charge is 2.12. The van der Waals surface area contributed by atoms with Gasteiger partial charge in [0.25, 0.3) is 0 Å². The maximum Gasteiger partial charge on any atom is 0.127 e. The summed E-state index contributed by atoms with van der Waals surface area (Å²) in [7, 11) is 0. The van der Waals surface area contributed by atoms with E-state index >= 15 is 0 Å². The summed E-state index contributed by atoms with van der Waals surface area (Å²) in [6.07, 6.45) is 0.774. The second-order valence-corrected chi connectivity index (χ2v) is 1.94. The van der Waals surface area contributed by atoms with E-state index in [1.165, 1.54) is 0 Å². The number of rotatable bonds is 2. The molecule has 0 saturated heterocycles. The highest BCUT2D eigenvalue weighted by molar-refractivity contribution is 7.75. The summed E-state index contributed by atoms with van der Waals surface area (Å²) < 4.78 is 4.56. The van der Waals surface area contributed by atoms with Crippen molar-refractivity contribution in [1.82, 2.24) is 0 Å². The highest BCUT2D eigenvalue weighted by Crippen LogP contribution is 2.06. The van der Waals surface area contributed by atoms with Crippen molar-refractivity contribution in [3.63, 3.8) is 0 Å². The van der Waals surface area contributed by atoms with Crippen LogP contribution in [0.15, 0.2) is 0 Å². The third kappa shape index (κ3) is 2.91. The second kappa shape index (κ2) is 2.55. The van der Waals surface area contributed by atoms with Crippen LogP contribution in [-0.4, -0.2) is 5.72 Å². The number of hydrogen-bond acceptors (Lipinski definition) is 3. The zero-order chi connectivity index (χ0) is 5.91. The molecule has 0 spiro atoms. The molecule has 2 nitrogen and oxygen atoms in total. The molecule has 0 radical (unpaired) electrons. The lowest BCUT2D eigenvalue weighted by molar-refractivity contribution is 0.125. The SMILES string of the molecule is CCC(C)(N)OS. The van der Waals surface area contributed by atoms with Crippen LogP contribution in [0.4, 0.5) is 0 Å². The highest BCUT2D eigenvalue weighted by atomic mass is 32.1. The Balaban J connectivity index is 3.36. The molecule has 0 aromatic carbocycles. The van der Waals surface area contributed by atoms with E-state index in [9.17, 15) is 0 Å². The first kappa shape index (κ1) is 7.27. The van der Waals surface area contributed by atoms with Gasteiger partial charge < -0.3 is 5.73 Å². The Hall–Kier alpha value is 0.270. The summed E-state index contributed by atoms with van der Waals surface area (Å²) in [5.41, 5.74) is 4.86. The van der Waals surface area contributed by atoms with Gasteiger partial charge in [-0.1, -0.05) is 6.92 Å². The Kier molecular flexibility index (Phi) is 2.64. The molecule has 7 heavy (non-hydrogen) atoms. The molecule has 1 unspecified atom stereocenters. The van der Waals surface area contributed by atoms with Gasteiger partial charge in [-0.05, 0) is 26.3 Å². The smallest absolute Gasteiger partial charge is 0.127 e. The Morgan fingerprint density at radius 3 is 2.29 bits per heavy atom. The molecular formula is C4H11NOS. The molecule has 0 aliphatic heterocycles. The van der Waals surface area contributed by atoms with Crippen LogP contribution >= 0.6 is 12.9 Å². The Labute approximate surface area is 49.7 Å². The number of thiol groups is 1. The van der Waals surface area contributed by atoms with Gasteiger partial charge in [0.05, 0.1) is 0 Å². The van der Waals surface area contributed by atoms with Crippen LogP contribution in [0.25, 0.3) is 0 Å². The van der Waals surface area contributed by atoms with E-state index in [-0.39, 0.29) is 0 Å². The minimum Gasteiger partial charge on any atom is -0.303 e. The van der Waals surface area contributed by atoms with Crippen LogP contribution in [-0.2, 0) is 4.18 Å². The lowest BCUT2D eigenvalue weighted by Crippen LogP contribution is -2.35. The average molecular weight is 121 g/mol. The van der Waals surface area contributed by atoms with Gasteiger partial charge in [0.2, 0.25) is 0 Å². The van der Waals surface area contributed by atoms with E-state index in [4.69, 9.17) is 5.73 Å². The maximum atomic E-state index is 5.42. The molecule has 0 saturated carbocycles. The topological polar surface area (TPSA) is 35.2 Å². The molecule has 0 rings (SSSR count). The van der Waals surface area contributed by atoms with Gasteiger partial charge in [0.15, 0.2) is 0 Å². The van der Waals surface area contributed by atoms with Crippen LogP contribution in [0, 0.1) is 0 Å². The van der Waals surface area contributed by atoms with Crippen molar-refractivity contribution in [2.75, 3.05) is 0 Å². The molecule has 0 fully saturated rings. The predicted molar refractivity (Wildman–Crippen MR) is 33.0 cm³/mol. The normalized spacial score (nSPS) is 18.9. The zero-order valence-electron chi connectivity index (χ0n) is 4.64. The Morgan fingerprint density at radius 2 is 2.29 bits per heavy atom. The molecule has 2 N–H and O–H groups in total. The summed E-state index contributed by atoms with van der Waals surface area (Å²) in [5.74, 6) is 0. The quantitative estimate of drug-likeness (QED) is 0.324. The molecular weight excluding hydrogens is 110 g/mol. The first-order valence-corrected chi connectivity index (χ1v) is 2.60. The van der Waals surface area contributed by atoms with Crippen LogP contribution < -0.4 is 5.73 Å². The van der Waals surface area contributed by atoms with Gasteiger partial charge in [-0.2, -0.15) is 0 Å². The minimum absolute atomic E-state index is 0.552. The second-order valence-electron chi connectivity index (χ2n) is 1.76. The summed E-state index contributed by atoms with van der Waals surface area (Å²) >= 11 is 3.56. The van der Waals surface area contributed by atoms with Gasteiger partial charge in [-0.15, -0.1) is 0 Å².